The zero-order valence-corrected chi connectivity index (χ0v) is 16.5. The molecule has 2 aromatic rings. The summed E-state index contributed by atoms with van der Waals surface area (Å²) >= 11 is 0. The number of hydrogen-bond donors (Lipinski definition) is 0. The van der Waals surface area contributed by atoms with Gasteiger partial charge >= 0.3 is 0 Å². The lowest BCUT2D eigenvalue weighted by molar-refractivity contribution is -0.0704. The quantitative estimate of drug-likeness (QED) is 0.724. The highest BCUT2D eigenvalue weighted by atomic mass is 16.5. The Morgan fingerprint density at radius 1 is 1.07 bits per heavy atom. The van der Waals surface area contributed by atoms with Crippen molar-refractivity contribution in [2.75, 3.05) is 19.6 Å². The van der Waals surface area contributed by atoms with Crippen LogP contribution in [0.5, 0.6) is 0 Å². The summed E-state index contributed by atoms with van der Waals surface area (Å²) in [6.07, 6.45) is 0.476. The fourth-order valence-corrected chi connectivity index (χ4v) is 3.70. The third kappa shape index (κ3) is 5.41. The predicted molar refractivity (Wildman–Crippen MR) is 109 cm³/mol. The molecule has 28 heavy (non-hydrogen) atoms. The SMILES string of the molecule is CC1CN(Cc2ccc(C(=O)N(CC#N)Cc3ccccc3)cc2)CC(C)O1. The van der Waals surface area contributed by atoms with Crippen LogP contribution in [-0.4, -0.2) is 47.5 Å². The van der Waals surface area contributed by atoms with Crippen LogP contribution in [-0.2, 0) is 17.8 Å². The normalized spacial score (nSPS) is 19.8. The molecule has 5 nitrogen and oxygen atoms in total. The van der Waals surface area contributed by atoms with Gasteiger partial charge in [-0.05, 0) is 37.1 Å². The molecule has 1 aliphatic heterocycles. The van der Waals surface area contributed by atoms with Crippen molar-refractivity contribution in [3.63, 3.8) is 0 Å². The summed E-state index contributed by atoms with van der Waals surface area (Å²) in [5.41, 5.74) is 2.80. The number of ether oxygens (including phenoxy) is 1. The van der Waals surface area contributed by atoms with Gasteiger partial charge < -0.3 is 9.64 Å². The van der Waals surface area contributed by atoms with Crippen LogP contribution in [0.2, 0.25) is 0 Å². The maximum Gasteiger partial charge on any atom is 0.255 e. The molecule has 146 valence electrons. The van der Waals surface area contributed by atoms with Crippen LogP contribution in [0.25, 0.3) is 0 Å². The van der Waals surface area contributed by atoms with Crippen molar-refractivity contribution in [1.29, 1.82) is 5.26 Å². The van der Waals surface area contributed by atoms with Gasteiger partial charge in [-0.2, -0.15) is 5.26 Å². The van der Waals surface area contributed by atoms with Crippen molar-refractivity contribution in [3.05, 3.63) is 71.3 Å². The number of nitrogens with zero attached hydrogens (tertiary/aromatic N) is 3. The first-order valence-corrected chi connectivity index (χ1v) is 9.72. The number of morpholine rings is 1. The van der Waals surface area contributed by atoms with Gasteiger partial charge in [-0.1, -0.05) is 42.5 Å². The lowest BCUT2D eigenvalue weighted by Gasteiger charge is -2.35. The van der Waals surface area contributed by atoms with Crippen LogP contribution in [0.1, 0.15) is 35.3 Å². The van der Waals surface area contributed by atoms with E-state index in [0.717, 1.165) is 25.2 Å². The van der Waals surface area contributed by atoms with Gasteiger partial charge in [0.15, 0.2) is 0 Å². The molecule has 1 heterocycles. The van der Waals surface area contributed by atoms with Crippen LogP contribution in [0.3, 0.4) is 0 Å². The Kier molecular flexibility index (Phi) is 6.80. The molecule has 0 aliphatic carbocycles. The Labute approximate surface area is 167 Å². The summed E-state index contributed by atoms with van der Waals surface area (Å²) in [7, 11) is 0. The molecule has 1 saturated heterocycles. The Hall–Kier alpha value is -2.68. The van der Waals surface area contributed by atoms with Gasteiger partial charge in [0.1, 0.15) is 6.54 Å². The average Bonchev–Trinajstić information content (AvgIpc) is 2.68. The maximum absolute atomic E-state index is 12.9. The number of amides is 1. The van der Waals surface area contributed by atoms with Crippen LogP contribution < -0.4 is 0 Å². The van der Waals surface area contributed by atoms with E-state index in [4.69, 9.17) is 10.00 Å². The Morgan fingerprint density at radius 2 is 1.71 bits per heavy atom. The highest BCUT2D eigenvalue weighted by Crippen LogP contribution is 2.16. The molecule has 2 atom stereocenters. The summed E-state index contributed by atoms with van der Waals surface area (Å²) in [6.45, 7) is 7.37. The second-order valence-corrected chi connectivity index (χ2v) is 7.45. The first kappa shape index (κ1) is 20.1. The van der Waals surface area contributed by atoms with Gasteiger partial charge in [-0.25, -0.2) is 0 Å². The smallest absolute Gasteiger partial charge is 0.255 e. The number of carbonyl (C=O) groups is 1. The third-order valence-corrected chi connectivity index (χ3v) is 4.87. The van der Waals surface area contributed by atoms with Crippen molar-refractivity contribution in [2.45, 2.75) is 39.1 Å². The number of nitriles is 1. The van der Waals surface area contributed by atoms with Gasteiger partial charge in [0.25, 0.3) is 5.91 Å². The minimum absolute atomic E-state index is 0.0685. The summed E-state index contributed by atoms with van der Waals surface area (Å²) in [6, 6.07) is 19.6. The molecule has 3 rings (SSSR count). The standard InChI is InChI=1S/C23H27N3O2/c1-18-14-25(15-19(2)28-18)16-21-8-10-22(11-9-21)23(27)26(13-12-24)17-20-6-4-3-5-7-20/h3-11,18-19H,13-17H2,1-2H3. The Morgan fingerprint density at radius 3 is 2.32 bits per heavy atom. The monoisotopic (exact) mass is 377 g/mol. The lowest BCUT2D eigenvalue weighted by Crippen LogP contribution is -2.44. The molecule has 0 N–H and O–H groups in total. The molecule has 2 aromatic carbocycles. The van der Waals surface area contributed by atoms with E-state index in [9.17, 15) is 4.79 Å². The second kappa shape index (κ2) is 9.50. The van der Waals surface area contributed by atoms with Gasteiger partial charge in [-0.15, -0.1) is 0 Å². The zero-order valence-electron chi connectivity index (χ0n) is 16.5. The summed E-state index contributed by atoms with van der Waals surface area (Å²) in [5, 5.41) is 9.12. The molecule has 5 heteroatoms. The number of rotatable bonds is 6. The molecule has 0 bridgehead atoms. The Balaban J connectivity index is 1.65. The maximum atomic E-state index is 12.9. The minimum atomic E-state index is -0.120. The first-order valence-electron chi connectivity index (χ1n) is 9.72. The molecular formula is C23H27N3O2. The van der Waals surface area contributed by atoms with Crippen molar-refractivity contribution < 1.29 is 9.53 Å². The molecule has 0 saturated carbocycles. The summed E-state index contributed by atoms with van der Waals surface area (Å²) in [4.78, 5) is 16.8. The third-order valence-electron chi connectivity index (χ3n) is 4.87. The number of hydrogen-bond acceptors (Lipinski definition) is 4. The molecule has 0 aromatic heterocycles. The van der Waals surface area contributed by atoms with E-state index >= 15 is 0 Å². The highest BCUT2D eigenvalue weighted by molar-refractivity contribution is 5.94. The first-order chi connectivity index (χ1) is 13.5. The molecule has 1 fully saturated rings. The second-order valence-electron chi connectivity index (χ2n) is 7.45. The largest absolute Gasteiger partial charge is 0.373 e. The molecule has 2 unspecified atom stereocenters. The van der Waals surface area contributed by atoms with Gasteiger partial charge in [0, 0.05) is 31.7 Å². The highest BCUT2D eigenvalue weighted by Gasteiger charge is 2.22. The van der Waals surface area contributed by atoms with E-state index in [2.05, 4.69) is 24.8 Å². The van der Waals surface area contributed by atoms with Crippen LogP contribution in [0.15, 0.2) is 54.6 Å². The molecular weight excluding hydrogens is 350 g/mol. The summed E-state index contributed by atoms with van der Waals surface area (Å²) < 4.78 is 5.78. The fourth-order valence-electron chi connectivity index (χ4n) is 3.70. The molecule has 0 spiro atoms. The van der Waals surface area contributed by atoms with Crippen molar-refractivity contribution in [2.24, 2.45) is 0 Å². The van der Waals surface area contributed by atoms with E-state index in [1.165, 1.54) is 5.56 Å². The molecule has 1 aliphatic rings. The van der Waals surface area contributed by atoms with Crippen LogP contribution >= 0.6 is 0 Å². The van der Waals surface area contributed by atoms with Gasteiger partial charge in [0.05, 0.1) is 18.3 Å². The van der Waals surface area contributed by atoms with E-state index in [0.29, 0.717) is 12.1 Å². The van der Waals surface area contributed by atoms with E-state index in [-0.39, 0.29) is 24.7 Å². The van der Waals surface area contributed by atoms with E-state index in [1.54, 1.807) is 4.90 Å². The zero-order chi connectivity index (χ0) is 19.9. The predicted octanol–water partition coefficient (Wildman–Crippen LogP) is 3.46. The van der Waals surface area contributed by atoms with Gasteiger partial charge in [0.2, 0.25) is 0 Å². The number of carbonyl (C=O) groups excluding carboxylic acids is 1. The fraction of sp³-hybridized carbons (Fsp3) is 0.391. The van der Waals surface area contributed by atoms with Crippen LogP contribution in [0, 0.1) is 11.3 Å². The van der Waals surface area contributed by atoms with Crippen molar-refractivity contribution in [1.82, 2.24) is 9.80 Å². The van der Waals surface area contributed by atoms with Gasteiger partial charge in [-0.3, -0.25) is 9.69 Å². The van der Waals surface area contributed by atoms with E-state index < -0.39 is 0 Å². The Bertz CT molecular complexity index is 804. The molecule has 1 amide bonds. The number of benzene rings is 2. The topological polar surface area (TPSA) is 56.6 Å². The van der Waals surface area contributed by atoms with Crippen molar-refractivity contribution >= 4 is 5.91 Å². The minimum Gasteiger partial charge on any atom is -0.373 e. The summed E-state index contributed by atoms with van der Waals surface area (Å²) in [5.74, 6) is -0.120. The molecule has 0 radical (unpaired) electrons. The van der Waals surface area contributed by atoms with E-state index in [1.807, 2.05) is 54.6 Å². The average molecular weight is 377 g/mol. The lowest BCUT2D eigenvalue weighted by atomic mass is 10.1. The van der Waals surface area contributed by atoms with Crippen molar-refractivity contribution in [3.8, 4) is 6.07 Å². The van der Waals surface area contributed by atoms with Crippen LogP contribution in [0.4, 0.5) is 0 Å².